The first-order chi connectivity index (χ1) is 12.9. The van der Waals surface area contributed by atoms with Gasteiger partial charge in [0.1, 0.15) is 12.4 Å². The SMILES string of the molecule is CC(=O)N(C)CC(=O)N1N=C(c2ccccc2F)C[C@@H]1c1ccc(Cl)cc1. The second-order valence-electron chi connectivity index (χ2n) is 6.41. The molecule has 2 amide bonds. The molecule has 0 fully saturated rings. The van der Waals surface area contributed by atoms with Crippen molar-refractivity contribution in [2.75, 3.05) is 13.6 Å². The third-order valence-corrected chi connectivity index (χ3v) is 4.77. The molecule has 7 heteroatoms. The molecule has 0 spiro atoms. The number of benzene rings is 2. The minimum atomic E-state index is -0.388. The Morgan fingerprint density at radius 1 is 1.22 bits per heavy atom. The van der Waals surface area contributed by atoms with Crippen LogP contribution in [0.25, 0.3) is 0 Å². The van der Waals surface area contributed by atoms with E-state index in [1.54, 1.807) is 37.4 Å². The fourth-order valence-electron chi connectivity index (χ4n) is 2.93. The van der Waals surface area contributed by atoms with Gasteiger partial charge in [-0.3, -0.25) is 9.59 Å². The Kier molecular flexibility index (Phi) is 5.56. The van der Waals surface area contributed by atoms with E-state index in [2.05, 4.69) is 5.10 Å². The summed E-state index contributed by atoms with van der Waals surface area (Å²) in [5.41, 5.74) is 1.70. The minimum absolute atomic E-state index is 0.104. The Bertz CT molecular complexity index is 898. The van der Waals surface area contributed by atoms with Gasteiger partial charge in [-0.1, -0.05) is 41.9 Å². The molecule has 27 heavy (non-hydrogen) atoms. The molecule has 0 bridgehead atoms. The molecule has 0 unspecified atom stereocenters. The number of hydrogen-bond acceptors (Lipinski definition) is 3. The second-order valence-corrected chi connectivity index (χ2v) is 6.85. The van der Waals surface area contributed by atoms with E-state index in [0.29, 0.717) is 22.7 Å². The summed E-state index contributed by atoms with van der Waals surface area (Å²) in [5, 5.41) is 6.32. The fourth-order valence-corrected chi connectivity index (χ4v) is 3.06. The van der Waals surface area contributed by atoms with Crippen LogP contribution in [0.15, 0.2) is 53.6 Å². The van der Waals surface area contributed by atoms with Crippen LogP contribution >= 0.6 is 11.6 Å². The van der Waals surface area contributed by atoms with Crippen molar-refractivity contribution in [2.45, 2.75) is 19.4 Å². The summed E-state index contributed by atoms with van der Waals surface area (Å²) in [6.07, 6.45) is 0.373. The molecule has 5 nitrogen and oxygen atoms in total. The average molecular weight is 388 g/mol. The maximum Gasteiger partial charge on any atom is 0.262 e. The highest BCUT2D eigenvalue weighted by molar-refractivity contribution is 6.30. The third kappa shape index (κ3) is 4.17. The number of halogens is 2. The second kappa shape index (κ2) is 7.88. The van der Waals surface area contributed by atoms with Crippen LogP contribution in [0.4, 0.5) is 4.39 Å². The van der Waals surface area contributed by atoms with E-state index in [4.69, 9.17) is 11.6 Å². The summed E-state index contributed by atoms with van der Waals surface area (Å²) in [6, 6.07) is 13.1. The molecule has 0 saturated heterocycles. The number of carbonyl (C=O) groups excluding carboxylic acids is 2. The molecule has 2 aromatic rings. The molecule has 1 heterocycles. The van der Waals surface area contributed by atoms with Gasteiger partial charge in [-0.25, -0.2) is 9.40 Å². The van der Waals surface area contributed by atoms with Crippen molar-refractivity contribution in [2.24, 2.45) is 5.10 Å². The molecule has 1 aliphatic heterocycles. The van der Waals surface area contributed by atoms with E-state index in [9.17, 15) is 14.0 Å². The normalized spacial score (nSPS) is 16.2. The number of hydrazone groups is 1. The van der Waals surface area contributed by atoms with Crippen LogP contribution in [0.2, 0.25) is 5.02 Å². The van der Waals surface area contributed by atoms with E-state index in [1.165, 1.54) is 22.9 Å². The lowest BCUT2D eigenvalue weighted by atomic mass is 9.98. The topological polar surface area (TPSA) is 53.0 Å². The molecule has 0 radical (unpaired) electrons. The maximum atomic E-state index is 14.2. The van der Waals surface area contributed by atoms with E-state index < -0.39 is 0 Å². The minimum Gasteiger partial charge on any atom is -0.337 e. The highest BCUT2D eigenvalue weighted by Gasteiger charge is 2.34. The zero-order valence-electron chi connectivity index (χ0n) is 15.0. The van der Waals surface area contributed by atoms with Crippen molar-refractivity contribution in [1.29, 1.82) is 0 Å². The zero-order chi connectivity index (χ0) is 19.6. The van der Waals surface area contributed by atoms with Gasteiger partial charge in [0.25, 0.3) is 5.91 Å². The summed E-state index contributed by atoms with van der Waals surface area (Å²) < 4.78 is 14.2. The van der Waals surface area contributed by atoms with Crippen molar-refractivity contribution in [3.8, 4) is 0 Å². The standard InChI is InChI=1S/C20H19ClFN3O2/c1-13(26)24(2)12-20(27)25-19(14-7-9-15(21)10-8-14)11-18(23-25)16-5-3-4-6-17(16)22/h3-10,19H,11-12H2,1-2H3/t19-/m1/s1. The summed E-state index contributed by atoms with van der Waals surface area (Å²) in [6.45, 7) is 1.29. The first-order valence-corrected chi connectivity index (χ1v) is 8.86. The molecule has 0 aromatic heterocycles. The zero-order valence-corrected chi connectivity index (χ0v) is 15.8. The number of hydrogen-bond donors (Lipinski definition) is 0. The predicted octanol–water partition coefficient (Wildman–Crippen LogP) is 3.64. The average Bonchev–Trinajstić information content (AvgIpc) is 3.07. The fraction of sp³-hybridized carbons (Fsp3) is 0.250. The smallest absolute Gasteiger partial charge is 0.262 e. The van der Waals surface area contributed by atoms with Crippen molar-refractivity contribution >= 4 is 29.1 Å². The molecule has 0 aliphatic carbocycles. The lowest BCUT2D eigenvalue weighted by molar-refractivity contribution is -0.139. The Hall–Kier alpha value is -2.73. The van der Waals surface area contributed by atoms with Crippen molar-refractivity contribution in [3.63, 3.8) is 0 Å². The van der Waals surface area contributed by atoms with Crippen LogP contribution in [0.3, 0.4) is 0 Å². The molecular formula is C20H19ClFN3O2. The van der Waals surface area contributed by atoms with Gasteiger partial charge in [-0.15, -0.1) is 0 Å². The van der Waals surface area contributed by atoms with Gasteiger partial charge >= 0.3 is 0 Å². The predicted molar refractivity (Wildman–Crippen MR) is 102 cm³/mol. The highest BCUT2D eigenvalue weighted by atomic mass is 35.5. The van der Waals surface area contributed by atoms with Crippen molar-refractivity contribution < 1.29 is 14.0 Å². The van der Waals surface area contributed by atoms with Gasteiger partial charge in [-0.2, -0.15) is 5.10 Å². The van der Waals surface area contributed by atoms with Crippen LogP contribution in [0.1, 0.15) is 30.5 Å². The summed E-state index contributed by atoms with van der Waals surface area (Å²) >= 11 is 5.96. The van der Waals surface area contributed by atoms with E-state index >= 15 is 0 Å². The third-order valence-electron chi connectivity index (χ3n) is 4.52. The largest absolute Gasteiger partial charge is 0.337 e. The van der Waals surface area contributed by atoms with Gasteiger partial charge in [-0.05, 0) is 23.8 Å². The summed E-state index contributed by atoms with van der Waals surface area (Å²) in [4.78, 5) is 25.6. The molecule has 1 atom stereocenters. The summed E-state index contributed by atoms with van der Waals surface area (Å²) in [5.74, 6) is -0.941. The van der Waals surface area contributed by atoms with E-state index in [1.807, 2.05) is 12.1 Å². The molecule has 1 aliphatic rings. The Labute approximate surface area is 162 Å². The molecule has 3 rings (SSSR count). The molecule has 140 valence electrons. The van der Waals surface area contributed by atoms with Gasteiger partial charge < -0.3 is 4.90 Å². The summed E-state index contributed by atoms with van der Waals surface area (Å²) in [7, 11) is 1.55. The van der Waals surface area contributed by atoms with E-state index in [-0.39, 0.29) is 30.2 Å². The van der Waals surface area contributed by atoms with Gasteiger partial charge in [0, 0.05) is 31.0 Å². The first-order valence-electron chi connectivity index (χ1n) is 8.48. The van der Waals surface area contributed by atoms with Crippen LogP contribution in [0.5, 0.6) is 0 Å². The van der Waals surface area contributed by atoms with Crippen LogP contribution in [-0.4, -0.2) is 41.0 Å². The number of carbonyl (C=O) groups is 2. The van der Waals surface area contributed by atoms with Gasteiger partial charge in [0.15, 0.2) is 0 Å². The van der Waals surface area contributed by atoms with Crippen LogP contribution in [0, 0.1) is 5.82 Å². The number of nitrogens with zero attached hydrogens (tertiary/aromatic N) is 3. The number of likely N-dealkylation sites (N-methyl/N-ethyl adjacent to an activating group) is 1. The quantitative estimate of drug-likeness (QED) is 0.804. The lowest BCUT2D eigenvalue weighted by Gasteiger charge is -2.24. The molecule has 2 aromatic carbocycles. The Morgan fingerprint density at radius 3 is 2.52 bits per heavy atom. The van der Waals surface area contributed by atoms with Gasteiger partial charge in [0.05, 0.1) is 11.8 Å². The Balaban J connectivity index is 1.94. The number of rotatable bonds is 4. The number of amides is 2. The highest BCUT2D eigenvalue weighted by Crippen LogP contribution is 2.33. The molecule has 0 N–H and O–H groups in total. The first kappa shape index (κ1) is 19.0. The molecular weight excluding hydrogens is 369 g/mol. The van der Waals surface area contributed by atoms with Crippen LogP contribution < -0.4 is 0 Å². The van der Waals surface area contributed by atoms with Crippen LogP contribution in [-0.2, 0) is 9.59 Å². The van der Waals surface area contributed by atoms with Gasteiger partial charge in [0.2, 0.25) is 5.91 Å². The van der Waals surface area contributed by atoms with Crippen molar-refractivity contribution in [1.82, 2.24) is 9.91 Å². The Morgan fingerprint density at radius 2 is 1.89 bits per heavy atom. The van der Waals surface area contributed by atoms with Crippen molar-refractivity contribution in [3.05, 3.63) is 70.5 Å². The maximum absolute atomic E-state index is 14.2. The lowest BCUT2D eigenvalue weighted by Crippen LogP contribution is -2.38. The van der Waals surface area contributed by atoms with E-state index in [0.717, 1.165) is 5.56 Å². The molecule has 0 saturated carbocycles. The monoisotopic (exact) mass is 387 g/mol.